The van der Waals surface area contributed by atoms with Gasteiger partial charge in [-0.1, -0.05) is 30.0 Å². The number of thiophene rings is 1. The molecule has 1 aliphatic heterocycles. The number of rotatable bonds is 9. The Morgan fingerprint density at radius 2 is 2.19 bits per heavy atom. The molecular formula is C20H20F2N4O3S2. The third-order valence-electron chi connectivity index (χ3n) is 4.58. The van der Waals surface area contributed by atoms with E-state index in [-0.39, 0.29) is 29.2 Å². The van der Waals surface area contributed by atoms with Gasteiger partial charge in [-0.25, -0.2) is 0 Å². The molecule has 0 bridgehead atoms. The third-order valence-corrected chi connectivity index (χ3v) is 6.41. The predicted octanol–water partition coefficient (Wildman–Crippen LogP) is 4.52. The van der Waals surface area contributed by atoms with E-state index in [2.05, 4.69) is 20.3 Å². The number of aromatic nitrogens is 3. The molecular weight excluding hydrogens is 446 g/mol. The zero-order valence-electron chi connectivity index (χ0n) is 16.4. The van der Waals surface area contributed by atoms with Crippen molar-refractivity contribution in [1.82, 2.24) is 14.8 Å². The highest BCUT2D eigenvalue weighted by Crippen LogP contribution is 2.30. The molecule has 11 heteroatoms. The van der Waals surface area contributed by atoms with Crippen molar-refractivity contribution in [2.45, 2.75) is 37.3 Å². The summed E-state index contributed by atoms with van der Waals surface area (Å²) in [5.74, 6) is 0.332. The SMILES string of the molecule is O=C(CSc1nnc(-c2cccs2)n1C[C@@H]1CCCO1)Nc1ccccc1OC(F)F. The Labute approximate surface area is 185 Å². The minimum atomic E-state index is -2.97. The summed E-state index contributed by atoms with van der Waals surface area (Å²) < 4.78 is 37.3. The average molecular weight is 467 g/mol. The molecule has 1 amide bonds. The molecule has 0 saturated carbocycles. The molecule has 1 atom stereocenters. The molecule has 1 fully saturated rings. The van der Waals surface area contributed by atoms with E-state index < -0.39 is 6.61 Å². The number of halogens is 2. The van der Waals surface area contributed by atoms with E-state index >= 15 is 0 Å². The Morgan fingerprint density at radius 1 is 1.32 bits per heavy atom. The summed E-state index contributed by atoms with van der Waals surface area (Å²) in [5, 5.41) is 13.8. The molecule has 0 radical (unpaired) electrons. The standard InChI is InChI=1S/C20H20F2N4O3S2/c21-19(22)29-15-7-2-1-6-14(15)23-17(27)12-31-20-25-24-18(16-8-4-10-30-16)26(20)11-13-5-3-9-28-13/h1-2,4,6-8,10,13,19H,3,5,9,11-12H2,(H,23,27)/t13-/m0/s1. The van der Waals surface area contributed by atoms with Crippen LogP contribution in [0.3, 0.4) is 0 Å². The zero-order valence-corrected chi connectivity index (χ0v) is 18.0. The molecule has 1 aromatic carbocycles. The topological polar surface area (TPSA) is 78.3 Å². The van der Waals surface area contributed by atoms with Gasteiger partial charge in [0.25, 0.3) is 0 Å². The van der Waals surface area contributed by atoms with Crippen molar-refractivity contribution in [3.8, 4) is 16.5 Å². The zero-order chi connectivity index (χ0) is 21.6. The van der Waals surface area contributed by atoms with Gasteiger partial charge in [-0.15, -0.1) is 21.5 Å². The number of hydrogen-bond donors (Lipinski definition) is 1. The quantitative estimate of drug-likeness (QED) is 0.467. The summed E-state index contributed by atoms with van der Waals surface area (Å²) in [6.07, 6.45) is 2.07. The molecule has 1 N–H and O–H groups in total. The molecule has 3 heterocycles. The summed E-state index contributed by atoms with van der Waals surface area (Å²) in [5.41, 5.74) is 0.188. The van der Waals surface area contributed by atoms with Gasteiger partial charge in [0.1, 0.15) is 5.75 Å². The number of amides is 1. The highest BCUT2D eigenvalue weighted by molar-refractivity contribution is 7.99. The fraction of sp³-hybridized carbons (Fsp3) is 0.350. The Morgan fingerprint density at radius 3 is 2.94 bits per heavy atom. The van der Waals surface area contributed by atoms with Gasteiger partial charge in [-0.05, 0) is 36.4 Å². The fourth-order valence-corrected chi connectivity index (χ4v) is 4.69. The second-order valence-corrected chi connectivity index (χ2v) is 8.63. The predicted molar refractivity (Wildman–Crippen MR) is 115 cm³/mol. The number of carbonyl (C=O) groups excluding carboxylic acids is 1. The van der Waals surface area contributed by atoms with Crippen molar-refractivity contribution in [2.75, 3.05) is 17.7 Å². The number of hydrogen-bond acceptors (Lipinski definition) is 7. The minimum absolute atomic E-state index is 0.0388. The van der Waals surface area contributed by atoms with Crippen LogP contribution in [0.4, 0.5) is 14.5 Å². The van der Waals surface area contributed by atoms with E-state index in [9.17, 15) is 13.6 Å². The van der Waals surface area contributed by atoms with Crippen molar-refractivity contribution >= 4 is 34.7 Å². The van der Waals surface area contributed by atoms with E-state index in [0.29, 0.717) is 11.7 Å². The molecule has 1 saturated heterocycles. The lowest BCUT2D eigenvalue weighted by Gasteiger charge is -2.14. The van der Waals surface area contributed by atoms with Crippen LogP contribution < -0.4 is 10.1 Å². The van der Waals surface area contributed by atoms with Crippen LogP contribution in [-0.4, -0.2) is 45.7 Å². The number of thioether (sulfide) groups is 1. The molecule has 7 nitrogen and oxygen atoms in total. The maximum atomic E-state index is 12.6. The first kappa shape index (κ1) is 21.7. The van der Waals surface area contributed by atoms with E-state index in [1.165, 1.54) is 23.9 Å². The van der Waals surface area contributed by atoms with Crippen LogP contribution >= 0.6 is 23.1 Å². The monoisotopic (exact) mass is 466 g/mol. The van der Waals surface area contributed by atoms with Crippen molar-refractivity contribution in [2.24, 2.45) is 0 Å². The Bertz CT molecular complexity index is 1010. The third kappa shape index (κ3) is 5.60. The van der Waals surface area contributed by atoms with Crippen LogP contribution in [0.25, 0.3) is 10.7 Å². The van der Waals surface area contributed by atoms with E-state index in [1.54, 1.807) is 23.5 Å². The Balaban J connectivity index is 1.45. The average Bonchev–Trinajstić information content (AvgIpc) is 3.50. The normalized spacial score (nSPS) is 16.0. The largest absolute Gasteiger partial charge is 0.433 e. The lowest BCUT2D eigenvalue weighted by molar-refractivity contribution is -0.113. The summed E-state index contributed by atoms with van der Waals surface area (Å²) in [4.78, 5) is 13.4. The second kappa shape index (κ2) is 10.2. The number of nitrogens with one attached hydrogen (secondary N) is 1. The van der Waals surface area contributed by atoms with Crippen molar-refractivity contribution in [3.05, 3.63) is 41.8 Å². The van der Waals surface area contributed by atoms with E-state index in [4.69, 9.17) is 4.74 Å². The molecule has 31 heavy (non-hydrogen) atoms. The first-order valence-corrected chi connectivity index (χ1v) is 11.5. The first-order valence-electron chi connectivity index (χ1n) is 9.65. The number of anilines is 1. The summed E-state index contributed by atoms with van der Waals surface area (Å²) >= 11 is 2.80. The highest BCUT2D eigenvalue weighted by atomic mass is 32.2. The van der Waals surface area contributed by atoms with Gasteiger partial charge in [-0.3, -0.25) is 9.36 Å². The number of benzene rings is 1. The fourth-order valence-electron chi connectivity index (χ4n) is 3.23. The summed E-state index contributed by atoms with van der Waals surface area (Å²) in [7, 11) is 0. The number of para-hydroxylation sites is 2. The number of alkyl halides is 2. The van der Waals surface area contributed by atoms with Gasteiger partial charge in [0, 0.05) is 6.61 Å². The van der Waals surface area contributed by atoms with Gasteiger partial charge in [0.05, 0.1) is 29.0 Å². The first-order chi connectivity index (χ1) is 15.1. The van der Waals surface area contributed by atoms with Gasteiger partial charge in [0.2, 0.25) is 5.91 Å². The van der Waals surface area contributed by atoms with Gasteiger partial charge in [0.15, 0.2) is 11.0 Å². The van der Waals surface area contributed by atoms with Crippen LogP contribution in [0.1, 0.15) is 12.8 Å². The van der Waals surface area contributed by atoms with Crippen LogP contribution in [-0.2, 0) is 16.1 Å². The van der Waals surface area contributed by atoms with Crippen LogP contribution in [0.5, 0.6) is 5.75 Å². The molecule has 4 rings (SSSR count). The summed E-state index contributed by atoms with van der Waals surface area (Å²) in [6, 6.07) is 10.00. The van der Waals surface area contributed by atoms with E-state index in [1.807, 2.05) is 22.1 Å². The smallest absolute Gasteiger partial charge is 0.387 e. The molecule has 3 aromatic rings. The minimum Gasteiger partial charge on any atom is -0.433 e. The molecule has 1 aliphatic rings. The number of ether oxygens (including phenoxy) is 2. The molecule has 0 unspecified atom stereocenters. The Kier molecular flexibility index (Phi) is 7.15. The highest BCUT2D eigenvalue weighted by Gasteiger charge is 2.23. The maximum absolute atomic E-state index is 12.6. The molecule has 0 spiro atoms. The van der Waals surface area contributed by atoms with Crippen molar-refractivity contribution in [1.29, 1.82) is 0 Å². The van der Waals surface area contributed by atoms with Crippen LogP contribution in [0.15, 0.2) is 46.9 Å². The second-order valence-electron chi connectivity index (χ2n) is 6.74. The van der Waals surface area contributed by atoms with Gasteiger partial charge in [-0.2, -0.15) is 8.78 Å². The lowest BCUT2D eigenvalue weighted by atomic mass is 10.2. The number of carbonyl (C=O) groups is 1. The van der Waals surface area contributed by atoms with Crippen LogP contribution in [0.2, 0.25) is 0 Å². The molecule has 2 aromatic heterocycles. The van der Waals surface area contributed by atoms with Crippen LogP contribution in [0, 0.1) is 0 Å². The Hall–Kier alpha value is -2.50. The van der Waals surface area contributed by atoms with E-state index in [0.717, 1.165) is 30.2 Å². The molecule has 0 aliphatic carbocycles. The maximum Gasteiger partial charge on any atom is 0.387 e. The summed E-state index contributed by atoms with van der Waals surface area (Å²) in [6.45, 7) is -1.62. The van der Waals surface area contributed by atoms with Crippen molar-refractivity contribution in [3.63, 3.8) is 0 Å². The lowest BCUT2D eigenvalue weighted by Crippen LogP contribution is -2.18. The van der Waals surface area contributed by atoms with Gasteiger partial charge >= 0.3 is 6.61 Å². The number of nitrogens with zero attached hydrogens (tertiary/aromatic N) is 3. The molecule has 164 valence electrons. The van der Waals surface area contributed by atoms with Crippen molar-refractivity contribution < 1.29 is 23.0 Å². The van der Waals surface area contributed by atoms with Gasteiger partial charge < -0.3 is 14.8 Å².